The molecule has 3 nitrogen and oxygen atoms in total. The zero-order valence-corrected chi connectivity index (χ0v) is 29.7. The van der Waals surface area contributed by atoms with Crippen LogP contribution < -0.4 is 0 Å². The number of benzene rings is 3. The number of aromatic hydroxyl groups is 3. The van der Waals surface area contributed by atoms with Crippen molar-refractivity contribution >= 4 is 0 Å². The monoisotopic (exact) mass is 586 g/mol. The first-order chi connectivity index (χ1) is 19.2. The molecule has 0 amide bonds. The van der Waals surface area contributed by atoms with E-state index in [1.54, 1.807) is 0 Å². The van der Waals surface area contributed by atoms with E-state index in [9.17, 15) is 15.3 Å². The summed E-state index contributed by atoms with van der Waals surface area (Å²) in [5.74, 6) is 1.10. The second-order valence-electron chi connectivity index (χ2n) is 17.8. The van der Waals surface area contributed by atoms with Crippen molar-refractivity contribution in [1.82, 2.24) is 0 Å². The van der Waals surface area contributed by atoms with Crippen LogP contribution in [0.25, 0.3) is 0 Å². The van der Waals surface area contributed by atoms with E-state index in [0.29, 0.717) is 30.1 Å². The van der Waals surface area contributed by atoms with Gasteiger partial charge in [0.2, 0.25) is 0 Å². The molecular weight excluding hydrogens is 528 g/mol. The van der Waals surface area contributed by atoms with Crippen molar-refractivity contribution < 1.29 is 15.3 Å². The van der Waals surface area contributed by atoms with Gasteiger partial charge in [0, 0.05) is 6.42 Å². The highest BCUT2D eigenvalue weighted by Crippen LogP contribution is 2.43. The van der Waals surface area contributed by atoms with Crippen molar-refractivity contribution in [3.8, 4) is 17.2 Å². The summed E-state index contributed by atoms with van der Waals surface area (Å²) in [6.07, 6.45) is 1.25. The molecule has 0 atom stereocenters. The van der Waals surface area contributed by atoms with E-state index in [0.717, 1.165) is 50.1 Å². The van der Waals surface area contributed by atoms with Crippen molar-refractivity contribution in [2.24, 2.45) is 0 Å². The number of phenols is 3. The van der Waals surface area contributed by atoms with Gasteiger partial charge in [0.15, 0.2) is 0 Å². The van der Waals surface area contributed by atoms with Gasteiger partial charge in [-0.25, -0.2) is 0 Å². The Morgan fingerprint density at radius 3 is 0.860 bits per heavy atom. The SMILES string of the molecule is CC(C)(C)c1cc(Cc2cc(C(C)(C)C)c(O)c(C(C)(C)C)c2)cc(Cc2cc(C(C)(C)C)c(O)c(C(C)(C)C)c2)c1O. The number of phenolic OH excluding ortho intramolecular Hbond substituents is 3. The summed E-state index contributed by atoms with van der Waals surface area (Å²) in [5, 5.41) is 34.2. The summed E-state index contributed by atoms with van der Waals surface area (Å²) in [4.78, 5) is 0. The van der Waals surface area contributed by atoms with Gasteiger partial charge >= 0.3 is 0 Å². The topological polar surface area (TPSA) is 60.7 Å². The van der Waals surface area contributed by atoms with Crippen molar-refractivity contribution in [1.29, 1.82) is 0 Å². The van der Waals surface area contributed by atoms with Gasteiger partial charge in [0.05, 0.1) is 0 Å². The highest BCUT2D eigenvalue weighted by molar-refractivity contribution is 5.55. The molecule has 0 unspecified atom stereocenters. The third-order valence-electron chi connectivity index (χ3n) is 8.43. The molecule has 0 saturated carbocycles. The standard InChI is InChI=1S/C40H58O3/c1-36(2,3)28-19-24(16-25-20-29(37(4,5)6)34(42)30(21-25)38(7,8)9)17-27(33(28)41)18-26-22-31(39(10,11)12)35(43)32(23-26)40(13,14)15/h17,19-23,41-43H,16,18H2,1-15H3. The third kappa shape index (κ3) is 7.78. The Labute approximate surface area is 262 Å². The molecule has 0 heterocycles. The Bertz CT molecular complexity index is 1420. The second kappa shape index (κ2) is 11.2. The molecule has 0 spiro atoms. The first-order valence-corrected chi connectivity index (χ1v) is 15.8. The smallest absolute Gasteiger partial charge is 0.123 e. The Balaban J connectivity index is 2.24. The van der Waals surface area contributed by atoms with Gasteiger partial charge in [-0.3, -0.25) is 0 Å². The second-order valence-corrected chi connectivity index (χ2v) is 17.8. The lowest BCUT2D eigenvalue weighted by atomic mass is 9.77. The molecule has 3 N–H and O–H groups in total. The van der Waals surface area contributed by atoms with Gasteiger partial charge in [0.1, 0.15) is 17.2 Å². The van der Waals surface area contributed by atoms with Gasteiger partial charge in [-0.15, -0.1) is 0 Å². The highest BCUT2D eigenvalue weighted by Gasteiger charge is 2.29. The first-order valence-electron chi connectivity index (χ1n) is 15.8. The average molecular weight is 587 g/mol. The quantitative estimate of drug-likeness (QED) is 0.285. The number of rotatable bonds is 4. The largest absolute Gasteiger partial charge is 0.507 e. The zero-order chi connectivity index (χ0) is 33.1. The van der Waals surface area contributed by atoms with E-state index in [2.05, 4.69) is 140 Å². The van der Waals surface area contributed by atoms with Crippen LogP contribution in [0.15, 0.2) is 36.4 Å². The Morgan fingerprint density at radius 2 is 0.581 bits per heavy atom. The fourth-order valence-electron chi connectivity index (χ4n) is 5.90. The van der Waals surface area contributed by atoms with E-state index in [-0.39, 0.29) is 27.1 Å². The molecule has 236 valence electrons. The van der Waals surface area contributed by atoms with Crippen LogP contribution in [0.5, 0.6) is 17.2 Å². The van der Waals surface area contributed by atoms with E-state index in [4.69, 9.17) is 0 Å². The minimum atomic E-state index is -0.251. The molecule has 0 aliphatic heterocycles. The maximum atomic E-state index is 11.6. The summed E-state index contributed by atoms with van der Waals surface area (Å²) in [7, 11) is 0. The van der Waals surface area contributed by atoms with Gasteiger partial charge in [-0.05, 0) is 83.6 Å². The average Bonchev–Trinajstić information content (AvgIpc) is 2.79. The van der Waals surface area contributed by atoms with Crippen LogP contribution in [-0.2, 0) is 39.9 Å². The fraction of sp³-hybridized carbons (Fsp3) is 0.550. The Morgan fingerprint density at radius 1 is 0.349 bits per heavy atom. The lowest BCUT2D eigenvalue weighted by Gasteiger charge is -2.29. The van der Waals surface area contributed by atoms with Gasteiger partial charge in [-0.1, -0.05) is 140 Å². The molecule has 0 aliphatic carbocycles. The van der Waals surface area contributed by atoms with Gasteiger partial charge < -0.3 is 15.3 Å². The van der Waals surface area contributed by atoms with E-state index in [1.165, 1.54) is 0 Å². The minimum Gasteiger partial charge on any atom is -0.507 e. The molecule has 0 aromatic heterocycles. The highest BCUT2D eigenvalue weighted by atomic mass is 16.3. The maximum Gasteiger partial charge on any atom is 0.123 e. The molecule has 3 heteroatoms. The third-order valence-corrected chi connectivity index (χ3v) is 8.43. The van der Waals surface area contributed by atoms with Crippen LogP contribution in [0.3, 0.4) is 0 Å². The molecule has 0 bridgehead atoms. The molecule has 43 heavy (non-hydrogen) atoms. The predicted molar refractivity (Wildman–Crippen MR) is 183 cm³/mol. The van der Waals surface area contributed by atoms with Crippen LogP contribution in [0.1, 0.15) is 154 Å². The summed E-state index contributed by atoms with van der Waals surface area (Å²) in [6.45, 7) is 32.0. The fourth-order valence-corrected chi connectivity index (χ4v) is 5.90. The minimum absolute atomic E-state index is 0.203. The maximum absolute atomic E-state index is 11.6. The summed E-state index contributed by atoms with van der Waals surface area (Å²) in [6, 6.07) is 12.8. The molecule has 0 fully saturated rings. The number of hydrogen-bond donors (Lipinski definition) is 3. The zero-order valence-electron chi connectivity index (χ0n) is 29.7. The molecular formula is C40H58O3. The molecule has 3 aromatic carbocycles. The lowest BCUT2D eigenvalue weighted by molar-refractivity contribution is 0.422. The van der Waals surface area contributed by atoms with Crippen molar-refractivity contribution in [2.45, 2.75) is 144 Å². The molecule has 3 aromatic rings. The summed E-state index contributed by atoms with van der Waals surface area (Å²) >= 11 is 0. The first kappa shape index (κ1) is 34.5. The van der Waals surface area contributed by atoms with Gasteiger partial charge in [0.25, 0.3) is 0 Å². The van der Waals surface area contributed by atoms with Crippen molar-refractivity contribution in [2.75, 3.05) is 0 Å². The predicted octanol–water partition coefficient (Wildman–Crippen LogP) is 10.5. The normalized spacial score (nSPS) is 13.5. The molecule has 0 radical (unpaired) electrons. The summed E-state index contributed by atoms with van der Waals surface area (Å²) in [5.41, 5.74) is 7.83. The van der Waals surface area contributed by atoms with Crippen LogP contribution in [0.2, 0.25) is 0 Å². The van der Waals surface area contributed by atoms with E-state index in [1.807, 2.05) is 0 Å². The van der Waals surface area contributed by atoms with E-state index < -0.39 is 0 Å². The van der Waals surface area contributed by atoms with Crippen molar-refractivity contribution in [3.05, 3.63) is 86.5 Å². The molecule has 0 saturated heterocycles. The lowest BCUT2D eigenvalue weighted by Crippen LogP contribution is -2.18. The van der Waals surface area contributed by atoms with Crippen LogP contribution in [0.4, 0.5) is 0 Å². The van der Waals surface area contributed by atoms with Crippen LogP contribution in [-0.4, -0.2) is 15.3 Å². The van der Waals surface area contributed by atoms with Crippen LogP contribution in [0, 0.1) is 0 Å². The Hall–Kier alpha value is -2.94. The molecule has 0 aliphatic rings. The number of hydrogen-bond acceptors (Lipinski definition) is 3. The van der Waals surface area contributed by atoms with E-state index >= 15 is 0 Å². The van der Waals surface area contributed by atoms with Crippen LogP contribution >= 0.6 is 0 Å². The van der Waals surface area contributed by atoms with Gasteiger partial charge in [-0.2, -0.15) is 0 Å². The van der Waals surface area contributed by atoms with Crippen molar-refractivity contribution in [3.63, 3.8) is 0 Å². The Kier molecular flexibility index (Phi) is 9.00. The molecule has 3 rings (SSSR count). The summed E-state index contributed by atoms with van der Waals surface area (Å²) < 4.78 is 0.